The number of nitrogens with zero attached hydrogens (tertiary/aromatic N) is 4. The Morgan fingerprint density at radius 3 is 2.82 bits per heavy atom. The molecule has 2 rings (SSSR count). The number of hydrogen-bond donors (Lipinski definition) is 0. The van der Waals surface area contributed by atoms with Crippen molar-refractivity contribution in [3.05, 3.63) is 27.9 Å². The van der Waals surface area contributed by atoms with E-state index in [2.05, 4.69) is 21.5 Å². The highest BCUT2D eigenvalue weighted by atomic mass is 16.6. The van der Waals surface area contributed by atoms with E-state index in [1.54, 1.807) is 0 Å². The first-order chi connectivity index (χ1) is 10.6. The van der Waals surface area contributed by atoms with E-state index in [4.69, 9.17) is 0 Å². The zero-order valence-electron chi connectivity index (χ0n) is 12.8. The van der Waals surface area contributed by atoms with Crippen LogP contribution < -0.4 is 4.90 Å². The van der Waals surface area contributed by atoms with Crippen LogP contribution in [-0.4, -0.2) is 60.6 Å². The van der Waals surface area contributed by atoms with Crippen LogP contribution in [0.25, 0.3) is 0 Å². The number of likely N-dealkylation sites (N-methyl/N-ethyl adjacent to an activating group) is 1. The normalized spacial score (nSPS) is 16.2. The van der Waals surface area contributed by atoms with Crippen molar-refractivity contribution < 1.29 is 14.5 Å². The average Bonchev–Trinajstić information content (AvgIpc) is 2.78. The Labute approximate surface area is 128 Å². The highest BCUT2D eigenvalue weighted by Crippen LogP contribution is 2.27. The fourth-order valence-corrected chi connectivity index (χ4v) is 2.55. The molecule has 0 aliphatic carbocycles. The molecule has 0 radical (unpaired) electrons. The Morgan fingerprint density at radius 1 is 1.41 bits per heavy atom. The van der Waals surface area contributed by atoms with Crippen molar-refractivity contribution in [1.29, 1.82) is 0 Å². The fourth-order valence-electron chi connectivity index (χ4n) is 2.55. The summed E-state index contributed by atoms with van der Waals surface area (Å²) in [6.07, 6.45) is 2.25. The lowest BCUT2D eigenvalue weighted by molar-refractivity contribution is -0.384. The van der Waals surface area contributed by atoms with Crippen LogP contribution in [0.4, 0.5) is 11.5 Å². The van der Waals surface area contributed by atoms with Gasteiger partial charge in [-0.2, -0.15) is 0 Å². The van der Waals surface area contributed by atoms with E-state index in [0.717, 1.165) is 26.1 Å². The first-order valence-electron chi connectivity index (χ1n) is 7.26. The molecule has 1 saturated heterocycles. The van der Waals surface area contributed by atoms with Gasteiger partial charge < -0.3 is 14.5 Å². The van der Waals surface area contributed by atoms with Crippen LogP contribution in [-0.2, 0) is 4.74 Å². The zero-order chi connectivity index (χ0) is 16.1. The summed E-state index contributed by atoms with van der Waals surface area (Å²) in [5.74, 6) is -0.314. The number of carbonyl (C=O) groups excluding carboxylic acids is 1. The number of carbonyl (C=O) groups is 1. The molecular weight excluding hydrogens is 288 g/mol. The molecule has 0 saturated carbocycles. The summed E-state index contributed by atoms with van der Waals surface area (Å²) >= 11 is 0. The van der Waals surface area contributed by atoms with Gasteiger partial charge in [0.15, 0.2) is 0 Å². The third-order valence-corrected chi connectivity index (χ3v) is 3.80. The van der Waals surface area contributed by atoms with Crippen molar-refractivity contribution in [2.45, 2.75) is 13.3 Å². The molecule has 0 unspecified atom stereocenters. The first-order valence-corrected chi connectivity index (χ1v) is 7.26. The van der Waals surface area contributed by atoms with E-state index >= 15 is 0 Å². The quantitative estimate of drug-likeness (QED) is 0.470. The monoisotopic (exact) mass is 308 g/mol. The average molecular weight is 308 g/mol. The smallest absolute Gasteiger partial charge is 0.339 e. The molecule has 1 aromatic heterocycles. The molecule has 1 aliphatic rings. The maximum Gasteiger partial charge on any atom is 0.339 e. The molecule has 2 heterocycles. The van der Waals surface area contributed by atoms with Gasteiger partial charge in [0.2, 0.25) is 5.82 Å². The Morgan fingerprint density at radius 2 is 2.18 bits per heavy atom. The predicted molar refractivity (Wildman–Crippen MR) is 81.2 cm³/mol. The molecule has 0 bridgehead atoms. The van der Waals surface area contributed by atoms with E-state index < -0.39 is 10.9 Å². The lowest BCUT2D eigenvalue weighted by Crippen LogP contribution is -2.31. The summed E-state index contributed by atoms with van der Waals surface area (Å²) in [7, 11) is 1.23. The van der Waals surface area contributed by atoms with Crippen molar-refractivity contribution in [1.82, 2.24) is 9.88 Å². The number of esters is 1. The van der Waals surface area contributed by atoms with E-state index in [9.17, 15) is 14.9 Å². The Kier molecular flexibility index (Phi) is 5.26. The Balaban J connectivity index is 2.29. The summed E-state index contributed by atoms with van der Waals surface area (Å²) in [5, 5.41) is 11.3. The Bertz CT molecular complexity index is 564. The predicted octanol–water partition coefficient (Wildman–Crippen LogP) is 1.31. The fraction of sp³-hybridized carbons (Fsp3) is 0.571. The summed E-state index contributed by atoms with van der Waals surface area (Å²) in [4.78, 5) is 30.7. The van der Waals surface area contributed by atoms with Crippen molar-refractivity contribution in [2.24, 2.45) is 0 Å². The van der Waals surface area contributed by atoms with Crippen LogP contribution in [0.1, 0.15) is 23.7 Å². The molecule has 1 aliphatic heterocycles. The van der Waals surface area contributed by atoms with Gasteiger partial charge in [-0.3, -0.25) is 10.1 Å². The molecular formula is C14H20N4O4. The van der Waals surface area contributed by atoms with E-state index in [-0.39, 0.29) is 11.3 Å². The van der Waals surface area contributed by atoms with Gasteiger partial charge >= 0.3 is 11.7 Å². The minimum Gasteiger partial charge on any atom is -0.465 e. The number of pyridine rings is 1. The largest absolute Gasteiger partial charge is 0.465 e. The molecule has 120 valence electrons. The second kappa shape index (κ2) is 7.17. The number of ether oxygens (including phenoxy) is 1. The highest BCUT2D eigenvalue weighted by molar-refractivity contribution is 5.90. The molecule has 8 nitrogen and oxygen atoms in total. The number of anilines is 1. The molecule has 0 aromatic carbocycles. The van der Waals surface area contributed by atoms with Gasteiger partial charge in [-0.15, -0.1) is 0 Å². The van der Waals surface area contributed by atoms with Crippen LogP contribution in [0.2, 0.25) is 0 Å². The molecule has 22 heavy (non-hydrogen) atoms. The summed E-state index contributed by atoms with van der Waals surface area (Å²) in [5.41, 5.74) is -0.0733. The summed E-state index contributed by atoms with van der Waals surface area (Å²) in [6.45, 7) is 6.27. The maximum absolute atomic E-state index is 11.5. The number of hydrogen-bond acceptors (Lipinski definition) is 7. The lowest BCUT2D eigenvalue weighted by atomic mass is 10.2. The lowest BCUT2D eigenvalue weighted by Gasteiger charge is -2.22. The molecule has 8 heteroatoms. The van der Waals surface area contributed by atoms with Crippen molar-refractivity contribution >= 4 is 17.5 Å². The number of aromatic nitrogens is 1. The third kappa shape index (κ3) is 3.51. The van der Waals surface area contributed by atoms with Crippen molar-refractivity contribution in [3.63, 3.8) is 0 Å². The van der Waals surface area contributed by atoms with Crippen LogP contribution in [0.5, 0.6) is 0 Å². The van der Waals surface area contributed by atoms with Crippen LogP contribution in [0.3, 0.4) is 0 Å². The second-order valence-electron chi connectivity index (χ2n) is 5.09. The minimum absolute atomic E-state index is 0.0861. The van der Waals surface area contributed by atoms with Crippen LogP contribution >= 0.6 is 0 Å². The summed E-state index contributed by atoms with van der Waals surface area (Å²) < 4.78 is 4.58. The number of nitro groups is 1. The molecule has 0 spiro atoms. The van der Waals surface area contributed by atoms with Crippen LogP contribution in [0.15, 0.2) is 12.3 Å². The van der Waals surface area contributed by atoms with Gasteiger partial charge in [-0.25, -0.2) is 9.78 Å². The molecule has 0 amide bonds. The number of methoxy groups -OCH3 is 1. The zero-order valence-corrected chi connectivity index (χ0v) is 12.8. The van der Waals surface area contributed by atoms with Gasteiger partial charge in [0.1, 0.15) is 0 Å². The minimum atomic E-state index is -0.629. The third-order valence-electron chi connectivity index (χ3n) is 3.80. The van der Waals surface area contributed by atoms with Gasteiger partial charge in [0, 0.05) is 31.9 Å². The highest BCUT2D eigenvalue weighted by Gasteiger charge is 2.25. The van der Waals surface area contributed by atoms with Gasteiger partial charge in [-0.1, -0.05) is 6.92 Å². The second-order valence-corrected chi connectivity index (χ2v) is 5.09. The van der Waals surface area contributed by atoms with Crippen LogP contribution in [0, 0.1) is 10.1 Å². The molecule has 1 fully saturated rings. The van der Waals surface area contributed by atoms with E-state index in [1.165, 1.54) is 19.4 Å². The van der Waals surface area contributed by atoms with E-state index in [0.29, 0.717) is 18.9 Å². The molecule has 0 atom stereocenters. The standard InChI is InChI=1S/C14H20N4O4/c1-3-16-5-4-6-17(8-7-16)13-12(18(20)21)9-11(10-15-13)14(19)22-2/h9-10H,3-8H2,1-2H3. The molecule has 1 aromatic rings. The van der Waals surface area contributed by atoms with Crippen molar-refractivity contribution in [2.75, 3.05) is 44.7 Å². The maximum atomic E-state index is 11.5. The molecule has 0 N–H and O–H groups in total. The summed E-state index contributed by atoms with van der Waals surface area (Å²) in [6, 6.07) is 1.23. The topological polar surface area (TPSA) is 88.8 Å². The SMILES string of the molecule is CCN1CCCN(c2ncc(C(=O)OC)cc2[N+](=O)[O-])CC1. The first kappa shape index (κ1) is 16.2. The van der Waals surface area contributed by atoms with Gasteiger partial charge in [0.25, 0.3) is 0 Å². The number of rotatable bonds is 4. The van der Waals surface area contributed by atoms with Gasteiger partial charge in [-0.05, 0) is 19.5 Å². The van der Waals surface area contributed by atoms with E-state index in [1.807, 2.05) is 4.90 Å². The van der Waals surface area contributed by atoms with Crippen molar-refractivity contribution in [3.8, 4) is 0 Å². The van der Waals surface area contributed by atoms with Gasteiger partial charge in [0.05, 0.1) is 17.6 Å². The Hall–Kier alpha value is -2.22.